The Hall–Kier alpha value is -1.96. The molecule has 0 atom stereocenters. The molecule has 0 aromatic carbocycles. The number of hydrogen-bond acceptors (Lipinski definition) is 6. The van der Waals surface area contributed by atoms with E-state index < -0.39 is 4.92 Å². The van der Waals surface area contributed by atoms with Gasteiger partial charge in [0.15, 0.2) is 0 Å². The predicted molar refractivity (Wildman–Crippen MR) is 65.5 cm³/mol. The van der Waals surface area contributed by atoms with E-state index in [1.165, 1.54) is 0 Å². The number of nitrogens with zero attached hydrogens (tertiary/aromatic N) is 3. The van der Waals surface area contributed by atoms with Crippen molar-refractivity contribution in [1.29, 1.82) is 0 Å². The Morgan fingerprint density at radius 2 is 2.28 bits per heavy atom. The number of amides is 1. The molecular formula is C9H12ClN5O3. The molecule has 9 heteroatoms. The van der Waals surface area contributed by atoms with Crippen LogP contribution in [0.4, 0.5) is 11.5 Å². The number of aromatic nitrogens is 2. The minimum atomic E-state index is -0.654. The van der Waals surface area contributed by atoms with Crippen molar-refractivity contribution in [2.24, 2.45) is 0 Å². The smallest absolute Gasteiger partial charge is 0.329 e. The van der Waals surface area contributed by atoms with Gasteiger partial charge in [-0.15, -0.1) is 0 Å². The van der Waals surface area contributed by atoms with Gasteiger partial charge in [0.2, 0.25) is 17.0 Å². The summed E-state index contributed by atoms with van der Waals surface area (Å²) in [5.41, 5.74) is -0.336. The zero-order valence-electron chi connectivity index (χ0n) is 9.81. The van der Waals surface area contributed by atoms with E-state index >= 15 is 0 Å². The molecule has 0 aliphatic rings. The van der Waals surface area contributed by atoms with E-state index in [9.17, 15) is 14.9 Å². The molecule has 1 rings (SSSR count). The lowest BCUT2D eigenvalue weighted by Crippen LogP contribution is -2.35. The van der Waals surface area contributed by atoms with Gasteiger partial charge in [0, 0.05) is 6.04 Å². The van der Waals surface area contributed by atoms with Crippen molar-refractivity contribution in [3.63, 3.8) is 0 Å². The number of carbonyl (C=O) groups is 1. The van der Waals surface area contributed by atoms with Gasteiger partial charge in [-0.05, 0) is 25.4 Å². The van der Waals surface area contributed by atoms with E-state index in [2.05, 4.69) is 20.6 Å². The molecule has 8 nitrogen and oxygen atoms in total. The van der Waals surface area contributed by atoms with Gasteiger partial charge in [0.05, 0.1) is 11.5 Å². The molecular weight excluding hydrogens is 262 g/mol. The number of nitro groups is 1. The lowest BCUT2D eigenvalue weighted by Gasteiger charge is -2.09. The highest BCUT2D eigenvalue weighted by Crippen LogP contribution is 2.21. The van der Waals surface area contributed by atoms with Crippen LogP contribution in [-0.4, -0.2) is 33.4 Å². The van der Waals surface area contributed by atoms with E-state index in [1.54, 1.807) is 0 Å². The van der Waals surface area contributed by atoms with Crippen LogP contribution >= 0.6 is 11.6 Å². The zero-order valence-corrected chi connectivity index (χ0v) is 10.6. The van der Waals surface area contributed by atoms with Crippen molar-refractivity contribution in [2.75, 3.05) is 11.9 Å². The maximum absolute atomic E-state index is 11.4. The topological polar surface area (TPSA) is 110 Å². The summed E-state index contributed by atoms with van der Waals surface area (Å²) >= 11 is 5.54. The molecule has 0 saturated carbocycles. The SMILES string of the molecule is CC(C)NC(=O)CNc1nc(Cl)ncc1[N+](=O)[O-]. The van der Waals surface area contributed by atoms with Crippen molar-refractivity contribution in [3.8, 4) is 0 Å². The highest BCUT2D eigenvalue weighted by Gasteiger charge is 2.17. The third-order valence-electron chi connectivity index (χ3n) is 1.80. The summed E-state index contributed by atoms with van der Waals surface area (Å²) < 4.78 is 0. The van der Waals surface area contributed by atoms with Gasteiger partial charge in [-0.3, -0.25) is 14.9 Å². The summed E-state index contributed by atoms with van der Waals surface area (Å²) in [6, 6.07) is -0.0109. The summed E-state index contributed by atoms with van der Waals surface area (Å²) in [5, 5.41) is 15.7. The van der Waals surface area contributed by atoms with Crippen molar-refractivity contribution < 1.29 is 9.72 Å². The first kappa shape index (κ1) is 14.1. The van der Waals surface area contributed by atoms with Crippen molar-refractivity contribution in [2.45, 2.75) is 19.9 Å². The summed E-state index contributed by atoms with van der Waals surface area (Å²) in [7, 11) is 0. The lowest BCUT2D eigenvalue weighted by atomic mass is 10.4. The molecule has 0 fully saturated rings. The van der Waals surface area contributed by atoms with Crippen LogP contribution in [0, 0.1) is 10.1 Å². The fraction of sp³-hybridized carbons (Fsp3) is 0.444. The van der Waals surface area contributed by atoms with Gasteiger partial charge < -0.3 is 10.6 Å². The number of carbonyl (C=O) groups excluding carboxylic acids is 1. The van der Waals surface area contributed by atoms with E-state index in [0.717, 1.165) is 6.20 Å². The Kier molecular flexibility index (Phi) is 4.78. The van der Waals surface area contributed by atoms with Crippen molar-refractivity contribution in [3.05, 3.63) is 21.6 Å². The number of nitrogens with one attached hydrogen (secondary N) is 2. The van der Waals surface area contributed by atoms with Crippen LogP contribution in [0.25, 0.3) is 0 Å². The van der Waals surface area contributed by atoms with Crippen LogP contribution in [0.3, 0.4) is 0 Å². The van der Waals surface area contributed by atoms with Crippen LogP contribution in [0.5, 0.6) is 0 Å². The zero-order chi connectivity index (χ0) is 13.7. The van der Waals surface area contributed by atoms with Crippen LogP contribution in [0.15, 0.2) is 6.20 Å². The Morgan fingerprint density at radius 3 is 2.83 bits per heavy atom. The van der Waals surface area contributed by atoms with Crippen LogP contribution in [0.1, 0.15) is 13.8 Å². The highest BCUT2D eigenvalue weighted by atomic mass is 35.5. The second kappa shape index (κ2) is 6.10. The fourth-order valence-electron chi connectivity index (χ4n) is 1.15. The number of hydrogen-bond donors (Lipinski definition) is 2. The van der Waals surface area contributed by atoms with E-state index in [0.29, 0.717) is 0 Å². The summed E-state index contributed by atoms with van der Waals surface area (Å²) in [4.78, 5) is 28.6. The largest absolute Gasteiger partial charge is 0.355 e. The van der Waals surface area contributed by atoms with Gasteiger partial charge in [-0.1, -0.05) is 0 Å². The molecule has 0 bridgehead atoms. The molecule has 0 radical (unpaired) electrons. The normalized spacial score (nSPS) is 10.2. The third-order valence-corrected chi connectivity index (χ3v) is 1.98. The Morgan fingerprint density at radius 1 is 1.61 bits per heavy atom. The first-order chi connectivity index (χ1) is 8.40. The van der Waals surface area contributed by atoms with E-state index in [1.807, 2.05) is 13.8 Å². The van der Waals surface area contributed by atoms with E-state index in [4.69, 9.17) is 11.6 Å². The average molecular weight is 274 g/mol. The molecule has 0 aliphatic heterocycles. The number of halogens is 1. The lowest BCUT2D eigenvalue weighted by molar-refractivity contribution is -0.384. The third kappa shape index (κ3) is 4.13. The Labute approximate surface area is 108 Å². The molecule has 0 spiro atoms. The minimum Gasteiger partial charge on any atom is -0.355 e. The molecule has 1 aromatic rings. The van der Waals surface area contributed by atoms with Gasteiger partial charge in [-0.2, -0.15) is 4.98 Å². The first-order valence-corrected chi connectivity index (χ1v) is 5.48. The molecule has 18 heavy (non-hydrogen) atoms. The number of anilines is 1. The van der Waals surface area contributed by atoms with Gasteiger partial charge in [-0.25, -0.2) is 4.98 Å². The van der Waals surface area contributed by atoms with Gasteiger partial charge in [0.25, 0.3) is 0 Å². The molecule has 1 aromatic heterocycles. The molecule has 1 amide bonds. The summed E-state index contributed by atoms with van der Waals surface area (Å²) in [6.07, 6.45) is 0.984. The Bertz CT molecular complexity index is 466. The maximum atomic E-state index is 11.4. The molecule has 2 N–H and O–H groups in total. The van der Waals surface area contributed by atoms with Crippen LogP contribution in [0.2, 0.25) is 5.28 Å². The molecule has 0 unspecified atom stereocenters. The molecule has 0 saturated heterocycles. The Balaban J connectivity index is 2.74. The monoisotopic (exact) mass is 273 g/mol. The van der Waals surface area contributed by atoms with Crippen LogP contribution in [-0.2, 0) is 4.79 Å². The quantitative estimate of drug-likeness (QED) is 0.470. The fourth-order valence-corrected chi connectivity index (χ4v) is 1.29. The van der Waals surface area contributed by atoms with Crippen molar-refractivity contribution >= 4 is 29.0 Å². The average Bonchev–Trinajstić information content (AvgIpc) is 2.25. The molecule has 1 heterocycles. The maximum Gasteiger partial charge on any atom is 0.329 e. The van der Waals surface area contributed by atoms with Crippen molar-refractivity contribution in [1.82, 2.24) is 15.3 Å². The standard InChI is InChI=1S/C9H12ClN5O3/c1-5(2)13-7(16)4-11-8-6(15(17)18)3-12-9(10)14-8/h3,5H,4H2,1-2H3,(H,13,16)(H,11,12,14). The van der Waals surface area contributed by atoms with E-state index in [-0.39, 0.29) is 35.3 Å². The summed E-state index contributed by atoms with van der Waals surface area (Å²) in [5.74, 6) is -0.382. The predicted octanol–water partition coefficient (Wildman–Crippen LogP) is 0.975. The second-order valence-electron chi connectivity index (χ2n) is 3.71. The second-order valence-corrected chi connectivity index (χ2v) is 4.04. The molecule has 0 aliphatic carbocycles. The minimum absolute atomic E-state index is 0.0109. The highest BCUT2D eigenvalue weighted by molar-refractivity contribution is 6.28. The first-order valence-electron chi connectivity index (χ1n) is 5.10. The van der Waals surface area contributed by atoms with Gasteiger partial charge >= 0.3 is 5.69 Å². The number of rotatable bonds is 5. The van der Waals surface area contributed by atoms with Crippen LogP contribution < -0.4 is 10.6 Å². The molecule has 98 valence electrons. The van der Waals surface area contributed by atoms with Gasteiger partial charge in [0.1, 0.15) is 6.20 Å². The summed E-state index contributed by atoms with van der Waals surface area (Å²) in [6.45, 7) is 3.48.